The van der Waals surface area contributed by atoms with E-state index in [0.717, 1.165) is 6.42 Å². The van der Waals surface area contributed by atoms with Crippen molar-refractivity contribution in [3.8, 4) is 0 Å². The van der Waals surface area contributed by atoms with Gasteiger partial charge in [-0.1, -0.05) is 0 Å². The van der Waals surface area contributed by atoms with E-state index in [1.807, 2.05) is 0 Å². The van der Waals surface area contributed by atoms with Crippen molar-refractivity contribution >= 4 is 11.8 Å². The summed E-state index contributed by atoms with van der Waals surface area (Å²) in [5.41, 5.74) is 5.72. The monoisotopic (exact) mass is 188 g/mol. The van der Waals surface area contributed by atoms with Gasteiger partial charge in [-0.25, -0.2) is 0 Å². The lowest BCUT2D eigenvalue weighted by Crippen LogP contribution is -2.30. The van der Waals surface area contributed by atoms with Crippen molar-refractivity contribution in [1.29, 1.82) is 0 Å². The van der Waals surface area contributed by atoms with Gasteiger partial charge < -0.3 is 10.6 Å². The van der Waals surface area contributed by atoms with Gasteiger partial charge in [0, 0.05) is 18.3 Å². The van der Waals surface area contributed by atoms with Gasteiger partial charge in [-0.3, -0.25) is 0 Å². The Morgan fingerprint density at radius 1 is 1.42 bits per heavy atom. The summed E-state index contributed by atoms with van der Waals surface area (Å²) in [5, 5.41) is 0. The van der Waals surface area contributed by atoms with Crippen LogP contribution >= 0.6 is 11.8 Å². The zero-order valence-electron chi connectivity index (χ0n) is 7.96. The number of hydrogen-bond acceptors (Lipinski definition) is 3. The smallest absolute Gasteiger partial charge is 0.00724 e. The molecular formula is C9H20N2S. The summed E-state index contributed by atoms with van der Waals surface area (Å²) in [6, 6.07) is 0.362. The Morgan fingerprint density at radius 2 is 2.25 bits per heavy atom. The van der Waals surface area contributed by atoms with Gasteiger partial charge in [0.1, 0.15) is 0 Å². The van der Waals surface area contributed by atoms with Crippen molar-refractivity contribution in [1.82, 2.24) is 4.90 Å². The van der Waals surface area contributed by atoms with Crippen LogP contribution < -0.4 is 5.73 Å². The highest BCUT2D eigenvalue weighted by molar-refractivity contribution is 7.99. The molecule has 0 aromatic carbocycles. The number of nitrogens with zero attached hydrogens (tertiary/aromatic N) is 1. The minimum Gasteiger partial charge on any atom is -0.328 e. The molecule has 72 valence electrons. The third-order valence-corrected chi connectivity index (χ3v) is 3.26. The van der Waals surface area contributed by atoms with Crippen LogP contribution in [0.2, 0.25) is 0 Å². The summed E-state index contributed by atoms with van der Waals surface area (Å²) in [5.74, 6) is 2.65. The third kappa shape index (κ3) is 4.33. The highest BCUT2D eigenvalue weighted by atomic mass is 32.2. The normalized spacial score (nSPS) is 23.5. The van der Waals surface area contributed by atoms with Crippen molar-refractivity contribution in [3.05, 3.63) is 0 Å². The Bertz CT molecular complexity index is 109. The maximum Gasteiger partial charge on any atom is 0.00724 e. The van der Waals surface area contributed by atoms with Crippen LogP contribution in [0.4, 0.5) is 0 Å². The van der Waals surface area contributed by atoms with Crippen molar-refractivity contribution in [2.24, 2.45) is 5.73 Å². The predicted molar refractivity (Wildman–Crippen MR) is 56.6 cm³/mol. The molecule has 1 unspecified atom stereocenters. The predicted octanol–water partition coefficient (Wildman–Crippen LogP) is 1.16. The second kappa shape index (κ2) is 5.84. The van der Waals surface area contributed by atoms with E-state index in [0.29, 0.717) is 6.04 Å². The van der Waals surface area contributed by atoms with Crippen LogP contribution in [0, 0.1) is 0 Å². The van der Waals surface area contributed by atoms with Crippen molar-refractivity contribution in [2.45, 2.75) is 25.8 Å². The minimum atomic E-state index is 0.362. The average molecular weight is 188 g/mol. The molecule has 3 heteroatoms. The lowest BCUT2D eigenvalue weighted by Gasteiger charge is -2.20. The molecule has 1 fully saturated rings. The molecule has 0 spiro atoms. The Kier molecular flexibility index (Phi) is 5.04. The van der Waals surface area contributed by atoms with Crippen LogP contribution in [0.25, 0.3) is 0 Å². The van der Waals surface area contributed by atoms with E-state index in [2.05, 4.69) is 23.6 Å². The molecule has 12 heavy (non-hydrogen) atoms. The Balaban J connectivity index is 2.12. The fourth-order valence-corrected chi connectivity index (χ4v) is 2.33. The van der Waals surface area contributed by atoms with Crippen LogP contribution in [0.3, 0.4) is 0 Å². The first-order chi connectivity index (χ1) is 5.79. The first-order valence-corrected chi connectivity index (χ1v) is 6.00. The van der Waals surface area contributed by atoms with Gasteiger partial charge in [-0.05, 0) is 38.6 Å². The topological polar surface area (TPSA) is 29.3 Å². The summed E-state index contributed by atoms with van der Waals surface area (Å²) < 4.78 is 0. The van der Waals surface area contributed by atoms with E-state index in [4.69, 9.17) is 5.73 Å². The van der Waals surface area contributed by atoms with Crippen LogP contribution in [-0.4, -0.2) is 42.1 Å². The number of thioether (sulfide) groups is 1. The largest absolute Gasteiger partial charge is 0.328 e. The fraction of sp³-hybridized carbons (Fsp3) is 1.00. The molecule has 1 aliphatic heterocycles. The van der Waals surface area contributed by atoms with E-state index in [9.17, 15) is 0 Å². The molecule has 0 aromatic rings. The third-order valence-electron chi connectivity index (χ3n) is 2.22. The zero-order valence-corrected chi connectivity index (χ0v) is 8.78. The van der Waals surface area contributed by atoms with Gasteiger partial charge in [-0.2, -0.15) is 11.8 Å². The maximum absolute atomic E-state index is 5.72. The number of hydrogen-bond donors (Lipinski definition) is 1. The molecule has 1 saturated heterocycles. The van der Waals surface area contributed by atoms with Crippen molar-refractivity contribution in [3.63, 3.8) is 0 Å². The van der Waals surface area contributed by atoms with E-state index >= 15 is 0 Å². The van der Waals surface area contributed by atoms with E-state index in [1.165, 1.54) is 37.6 Å². The van der Waals surface area contributed by atoms with Crippen LogP contribution in [0.15, 0.2) is 0 Å². The molecule has 0 aliphatic carbocycles. The maximum atomic E-state index is 5.72. The SMILES string of the molecule is CC(N)CCN1CCCSCC1. The fourth-order valence-electron chi connectivity index (χ4n) is 1.41. The van der Waals surface area contributed by atoms with Crippen LogP contribution in [-0.2, 0) is 0 Å². The lowest BCUT2D eigenvalue weighted by atomic mass is 10.2. The summed E-state index contributed by atoms with van der Waals surface area (Å²) in [7, 11) is 0. The Morgan fingerprint density at radius 3 is 3.00 bits per heavy atom. The molecule has 1 atom stereocenters. The standard InChI is InChI=1S/C9H20N2S/c1-9(10)3-5-11-4-2-7-12-8-6-11/h9H,2-8,10H2,1H3. The van der Waals surface area contributed by atoms with Gasteiger partial charge in [0.2, 0.25) is 0 Å². The molecule has 2 nitrogen and oxygen atoms in total. The van der Waals surface area contributed by atoms with E-state index in [-0.39, 0.29) is 0 Å². The summed E-state index contributed by atoms with van der Waals surface area (Å²) >= 11 is 2.08. The van der Waals surface area contributed by atoms with E-state index < -0.39 is 0 Å². The molecule has 1 aliphatic rings. The van der Waals surface area contributed by atoms with Gasteiger partial charge in [-0.15, -0.1) is 0 Å². The first kappa shape index (κ1) is 10.4. The molecule has 0 bridgehead atoms. The summed E-state index contributed by atoms with van der Waals surface area (Å²) in [6.07, 6.45) is 2.49. The zero-order chi connectivity index (χ0) is 8.81. The second-order valence-corrected chi connectivity index (χ2v) is 4.80. The van der Waals surface area contributed by atoms with Crippen molar-refractivity contribution in [2.75, 3.05) is 31.1 Å². The molecule has 0 amide bonds. The lowest BCUT2D eigenvalue weighted by molar-refractivity contribution is 0.285. The van der Waals surface area contributed by atoms with Gasteiger partial charge in [0.15, 0.2) is 0 Å². The number of rotatable bonds is 3. The first-order valence-electron chi connectivity index (χ1n) is 4.84. The minimum absolute atomic E-state index is 0.362. The van der Waals surface area contributed by atoms with Crippen LogP contribution in [0.5, 0.6) is 0 Å². The molecule has 2 N–H and O–H groups in total. The highest BCUT2D eigenvalue weighted by Gasteiger charge is 2.08. The molecule has 1 heterocycles. The van der Waals surface area contributed by atoms with Crippen molar-refractivity contribution < 1.29 is 0 Å². The molecular weight excluding hydrogens is 168 g/mol. The molecule has 0 saturated carbocycles. The highest BCUT2D eigenvalue weighted by Crippen LogP contribution is 2.10. The van der Waals surface area contributed by atoms with Gasteiger partial charge >= 0.3 is 0 Å². The molecule has 1 rings (SSSR count). The second-order valence-electron chi connectivity index (χ2n) is 3.57. The quantitative estimate of drug-likeness (QED) is 0.721. The number of nitrogens with two attached hydrogens (primary N) is 1. The van der Waals surface area contributed by atoms with E-state index in [1.54, 1.807) is 0 Å². The molecule has 0 radical (unpaired) electrons. The average Bonchev–Trinajstić information content (AvgIpc) is 2.28. The van der Waals surface area contributed by atoms with Gasteiger partial charge in [0.25, 0.3) is 0 Å². The van der Waals surface area contributed by atoms with Crippen LogP contribution in [0.1, 0.15) is 19.8 Å². The Hall–Kier alpha value is 0.270. The van der Waals surface area contributed by atoms with Gasteiger partial charge in [0.05, 0.1) is 0 Å². The molecule has 0 aromatic heterocycles. The Labute approximate surface area is 79.9 Å². The summed E-state index contributed by atoms with van der Waals surface area (Å²) in [6.45, 7) is 5.82. The summed E-state index contributed by atoms with van der Waals surface area (Å²) in [4.78, 5) is 2.54.